The van der Waals surface area contributed by atoms with E-state index in [4.69, 9.17) is 4.42 Å². The summed E-state index contributed by atoms with van der Waals surface area (Å²) in [6.45, 7) is 2.21. The quantitative estimate of drug-likeness (QED) is 0.878. The number of piperazine rings is 1. The van der Waals surface area contributed by atoms with Crippen LogP contribution in [-0.2, 0) is 4.79 Å². The number of hydrogen-bond donors (Lipinski definition) is 1. The molecule has 1 aliphatic rings. The fourth-order valence-corrected chi connectivity index (χ4v) is 2.85. The second-order valence-electron chi connectivity index (χ2n) is 6.02. The first-order valence-corrected chi connectivity index (χ1v) is 8.59. The third kappa shape index (κ3) is 4.30. The molecule has 0 radical (unpaired) electrons. The molecule has 7 heteroatoms. The monoisotopic (exact) mass is 355 g/mol. The summed E-state index contributed by atoms with van der Waals surface area (Å²) < 4.78 is 5.12. The molecule has 136 valence electrons. The molecule has 1 fully saturated rings. The Bertz CT molecular complexity index is 750. The topological polar surface area (TPSA) is 82.9 Å². The summed E-state index contributed by atoms with van der Waals surface area (Å²) in [6, 6.07) is 12.2. The van der Waals surface area contributed by atoms with E-state index in [2.05, 4.69) is 5.32 Å². The zero-order chi connectivity index (χ0) is 18.4. The van der Waals surface area contributed by atoms with Gasteiger partial charge in [0.1, 0.15) is 0 Å². The van der Waals surface area contributed by atoms with Crippen LogP contribution in [0.4, 0.5) is 0 Å². The van der Waals surface area contributed by atoms with Gasteiger partial charge < -0.3 is 19.5 Å². The van der Waals surface area contributed by atoms with Crippen LogP contribution in [0.25, 0.3) is 0 Å². The lowest BCUT2D eigenvalue weighted by Gasteiger charge is -2.34. The highest BCUT2D eigenvalue weighted by atomic mass is 16.3. The molecule has 7 nitrogen and oxygen atoms in total. The standard InChI is InChI=1S/C19H21N3O4/c23-17(8-9-20-18(24)15-5-2-1-3-6-15)21-10-12-22(13-11-21)19(25)16-7-4-14-26-16/h1-7,14H,8-13H2,(H,20,24). The van der Waals surface area contributed by atoms with Crippen molar-refractivity contribution in [3.05, 3.63) is 60.1 Å². The highest BCUT2D eigenvalue weighted by Gasteiger charge is 2.25. The maximum Gasteiger partial charge on any atom is 0.289 e. The number of carbonyl (C=O) groups excluding carboxylic acids is 3. The molecule has 1 N–H and O–H groups in total. The lowest BCUT2D eigenvalue weighted by molar-refractivity contribution is -0.132. The molecule has 0 aliphatic carbocycles. The van der Waals surface area contributed by atoms with Crippen LogP contribution >= 0.6 is 0 Å². The summed E-state index contributed by atoms with van der Waals surface area (Å²) in [7, 11) is 0. The van der Waals surface area contributed by atoms with E-state index in [0.29, 0.717) is 37.5 Å². The minimum Gasteiger partial charge on any atom is -0.459 e. The number of carbonyl (C=O) groups is 3. The summed E-state index contributed by atoms with van der Waals surface area (Å²) in [5, 5.41) is 2.75. The molecule has 2 aromatic rings. The van der Waals surface area contributed by atoms with Gasteiger partial charge in [-0.3, -0.25) is 14.4 Å². The Morgan fingerprint density at radius 1 is 0.923 bits per heavy atom. The van der Waals surface area contributed by atoms with E-state index in [1.165, 1.54) is 6.26 Å². The third-order valence-corrected chi connectivity index (χ3v) is 4.31. The molecule has 3 amide bonds. The summed E-state index contributed by atoms with van der Waals surface area (Å²) >= 11 is 0. The van der Waals surface area contributed by atoms with Gasteiger partial charge in [-0.2, -0.15) is 0 Å². The van der Waals surface area contributed by atoms with E-state index >= 15 is 0 Å². The molecular weight excluding hydrogens is 334 g/mol. The molecule has 1 saturated heterocycles. The molecule has 26 heavy (non-hydrogen) atoms. The van der Waals surface area contributed by atoms with Crippen LogP contribution in [0, 0.1) is 0 Å². The van der Waals surface area contributed by atoms with Crippen LogP contribution in [0.5, 0.6) is 0 Å². The maximum atomic E-state index is 12.3. The molecule has 0 spiro atoms. The van der Waals surface area contributed by atoms with Gasteiger partial charge in [-0.1, -0.05) is 18.2 Å². The van der Waals surface area contributed by atoms with Crippen molar-refractivity contribution in [1.82, 2.24) is 15.1 Å². The number of nitrogens with one attached hydrogen (secondary N) is 1. The van der Waals surface area contributed by atoms with Crippen molar-refractivity contribution >= 4 is 17.7 Å². The van der Waals surface area contributed by atoms with Gasteiger partial charge in [-0.15, -0.1) is 0 Å². The summed E-state index contributed by atoms with van der Waals surface area (Å²) in [6.07, 6.45) is 1.71. The van der Waals surface area contributed by atoms with Gasteiger partial charge in [0.25, 0.3) is 11.8 Å². The van der Waals surface area contributed by atoms with Crippen LogP contribution in [-0.4, -0.2) is 60.2 Å². The molecule has 0 saturated carbocycles. The zero-order valence-corrected chi connectivity index (χ0v) is 14.4. The number of benzene rings is 1. The Balaban J connectivity index is 1.40. The molecule has 1 aromatic heterocycles. The van der Waals surface area contributed by atoms with Crippen molar-refractivity contribution < 1.29 is 18.8 Å². The fourth-order valence-electron chi connectivity index (χ4n) is 2.85. The van der Waals surface area contributed by atoms with E-state index in [1.54, 1.807) is 46.2 Å². The molecule has 2 heterocycles. The Morgan fingerprint density at radius 3 is 2.27 bits per heavy atom. The van der Waals surface area contributed by atoms with Gasteiger partial charge in [0.15, 0.2) is 5.76 Å². The molecule has 0 atom stereocenters. The van der Waals surface area contributed by atoms with E-state index in [9.17, 15) is 14.4 Å². The minimum atomic E-state index is -0.188. The lowest BCUT2D eigenvalue weighted by atomic mass is 10.2. The van der Waals surface area contributed by atoms with Gasteiger partial charge >= 0.3 is 0 Å². The Hall–Kier alpha value is -3.09. The van der Waals surface area contributed by atoms with Crippen molar-refractivity contribution in [1.29, 1.82) is 0 Å². The van der Waals surface area contributed by atoms with E-state index < -0.39 is 0 Å². The lowest BCUT2D eigenvalue weighted by Crippen LogP contribution is -2.51. The molecule has 3 rings (SSSR count). The smallest absolute Gasteiger partial charge is 0.289 e. The summed E-state index contributed by atoms with van der Waals surface area (Å²) in [5.74, 6) is -0.0543. The van der Waals surface area contributed by atoms with Gasteiger partial charge in [-0.05, 0) is 24.3 Å². The van der Waals surface area contributed by atoms with E-state index in [-0.39, 0.29) is 30.7 Å². The molecule has 1 aliphatic heterocycles. The number of nitrogens with zero attached hydrogens (tertiary/aromatic N) is 2. The minimum absolute atomic E-state index is 0.0246. The number of rotatable bonds is 5. The zero-order valence-electron chi connectivity index (χ0n) is 14.4. The van der Waals surface area contributed by atoms with Crippen molar-refractivity contribution in [2.75, 3.05) is 32.7 Å². The largest absolute Gasteiger partial charge is 0.459 e. The number of amides is 3. The fraction of sp³-hybridized carbons (Fsp3) is 0.316. The van der Waals surface area contributed by atoms with Crippen LogP contribution in [0.2, 0.25) is 0 Å². The average Bonchev–Trinajstić information content (AvgIpc) is 3.23. The van der Waals surface area contributed by atoms with Crippen LogP contribution in [0.1, 0.15) is 27.3 Å². The first kappa shape index (κ1) is 17.7. The summed E-state index contributed by atoms with van der Waals surface area (Å²) in [4.78, 5) is 39.8. The van der Waals surface area contributed by atoms with E-state index in [1.807, 2.05) is 6.07 Å². The number of hydrogen-bond acceptors (Lipinski definition) is 4. The first-order valence-electron chi connectivity index (χ1n) is 8.59. The van der Waals surface area contributed by atoms with Crippen LogP contribution in [0.3, 0.4) is 0 Å². The van der Waals surface area contributed by atoms with Crippen molar-refractivity contribution in [3.8, 4) is 0 Å². The van der Waals surface area contributed by atoms with Crippen LogP contribution in [0.15, 0.2) is 53.1 Å². The molecule has 1 aromatic carbocycles. The van der Waals surface area contributed by atoms with Gasteiger partial charge in [0.2, 0.25) is 5.91 Å². The van der Waals surface area contributed by atoms with Crippen molar-refractivity contribution in [3.63, 3.8) is 0 Å². The van der Waals surface area contributed by atoms with Gasteiger partial charge in [-0.25, -0.2) is 0 Å². The second-order valence-corrected chi connectivity index (χ2v) is 6.02. The molecular formula is C19H21N3O4. The maximum absolute atomic E-state index is 12.3. The highest BCUT2D eigenvalue weighted by molar-refractivity contribution is 5.94. The second kappa shape index (κ2) is 8.33. The SMILES string of the molecule is O=C(NCCC(=O)N1CCN(C(=O)c2ccco2)CC1)c1ccccc1. The average molecular weight is 355 g/mol. The normalized spacial score (nSPS) is 14.2. The molecule has 0 unspecified atom stereocenters. The Labute approximate surface area is 151 Å². The summed E-state index contributed by atoms with van der Waals surface area (Å²) in [5.41, 5.74) is 0.574. The van der Waals surface area contributed by atoms with Crippen molar-refractivity contribution in [2.45, 2.75) is 6.42 Å². The Morgan fingerprint density at radius 2 is 1.62 bits per heavy atom. The predicted octanol–water partition coefficient (Wildman–Crippen LogP) is 1.38. The molecule has 0 bridgehead atoms. The van der Waals surface area contributed by atoms with E-state index in [0.717, 1.165) is 0 Å². The van der Waals surface area contributed by atoms with Crippen molar-refractivity contribution in [2.24, 2.45) is 0 Å². The van der Waals surface area contributed by atoms with Gasteiger partial charge in [0, 0.05) is 44.7 Å². The first-order chi connectivity index (χ1) is 12.6. The van der Waals surface area contributed by atoms with Crippen LogP contribution < -0.4 is 5.32 Å². The number of furan rings is 1. The Kier molecular flexibility index (Phi) is 5.68. The predicted molar refractivity (Wildman–Crippen MR) is 94.6 cm³/mol. The van der Waals surface area contributed by atoms with Gasteiger partial charge in [0.05, 0.1) is 6.26 Å². The highest BCUT2D eigenvalue weighted by Crippen LogP contribution is 2.10. The third-order valence-electron chi connectivity index (χ3n) is 4.31.